The van der Waals surface area contributed by atoms with Crippen LogP contribution in [0.5, 0.6) is 0 Å². The van der Waals surface area contributed by atoms with E-state index in [4.69, 9.17) is 11.6 Å². The van der Waals surface area contributed by atoms with Gasteiger partial charge in [0.15, 0.2) is 5.78 Å². The Balaban J connectivity index is 1.65. The summed E-state index contributed by atoms with van der Waals surface area (Å²) in [5, 5.41) is 4.37. The molecule has 4 rings (SSSR count). The molecule has 1 unspecified atom stereocenters. The number of Topliss-reactive ketones (excluding diaryl/α,β-unsaturated/α-hetero) is 1. The second kappa shape index (κ2) is 7.64. The summed E-state index contributed by atoms with van der Waals surface area (Å²) in [5.74, 6) is -0.171. The molecular formula is C23H24ClN3O2. The van der Waals surface area contributed by atoms with Gasteiger partial charge in [0, 0.05) is 22.8 Å². The number of aromatic nitrogens is 2. The molecule has 0 aliphatic heterocycles. The van der Waals surface area contributed by atoms with Crippen LogP contribution in [-0.2, 0) is 12.8 Å². The number of nitrogens with one attached hydrogen (secondary N) is 2. The molecule has 2 aromatic heterocycles. The summed E-state index contributed by atoms with van der Waals surface area (Å²) in [4.78, 5) is 32.4. The lowest BCUT2D eigenvalue weighted by Gasteiger charge is -2.27. The van der Waals surface area contributed by atoms with Gasteiger partial charge in [0.2, 0.25) is 0 Å². The van der Waals surface area contributed by atoms with Crippen molar-refractivity contribution in [3.8, 4) is 0 Å². The number of hydrogen-bond donors (Lipinski definition) is 2. The molecule has 1 aliphatic rings. The molecule has 0 spiro atoms. The SMILES string of the molecule is CCc1[nH]c2ncc(C(=O)NC3CCCc4cc(C(C)=O)ccc43)c(Cl)c2c1C. The summed E-state index contributed by atoms with van der Waals surface area (Å²) >= 11 is 6.63. The van der Waals surface area contributed by atoms with E-state index in [1.807, 2.05) is 25.1 Å². The number of hydrogen-bond acceptors (Lipinski definition) is 3. The van der Waals surface area contributed by atoms with E-state index in [0.717, 1.165) is 53.5 Å². The van der Waals surface area contributed by atoms with E-state index >= 15 is 0 Å². The van der Waals surface area contributed by atoms with Crippen LogP contribution in [0.15, 0.2) is 24.4 Å². The van der Waals surface area contributed by atoms with Gasteiger partial charge in [-0.2, -0.15) is 0 Å². The van der Waals surface area contributed by atoms with Gasteiger partial charge in [-0.15, -0.1) is 0 Å². The molecule has 2 heterocycles. The van der Waals surface area contributed by atoms with Crippen molar-refractivity contribution in [3.63, 3.8) is 0 Å². The largest absolute Gasteiger partial charge is 0.345 e. The average Bonchev–Trinajstić information content (AvgIpc) is 3.04. The third kappa shape index (κ3) is 3.44. The lowest BCUT2D eigenvalue weighted by Crippen LogP contribution is -2.31. The number of aryl methyl sites for hydroxylation is 3. The number of rotatable bonds is 4. The number of nitrogens with zero attached hydrogens (tertiary/aromatic N) is 1. The average molecular weight is 410 g/mol. The minimum Gasteiger partial charge on any atom is -0.345 e. The van der Waals surface area contributed by atoms with Crippen LogP contribution in [0.3, 0.4) is 0 Å². The van der Waals surface area contributed by atoms with Crippen LogP contribution in [0.1, 0.15) is 75.8 Å². The lowest BCUT2D eigenvalue weighted by atomic mass is 9.86. The standard InChI is InChI=1S/C23H24ClN3O2/c1-4-18-12(2)20-21(24)17(11-25-22(20)26-18)23(29)27-19-7-5-6-15-10-14(13(3)28)8-9-16(15)19/h8-11,19H,4-7H2,1-3H3,(H,25,26)(H,27,29). The fraction of sp³-hybridized carbons (Fsp3) is 0.348. The quantitative estimate of drug-likeness (QED) is 0.589. The number of carbonyl (C=O) groups excluding carboxylic acids is 2. The van der Waals surface area contributed by atoms with Crippen LogP contribution in [0.4, 0.5) is 0 Å². The van der Waals surface area contributed by atoms with E-state index in [0.29, 0.717) is 21.8 Å². The van der Waals surface area contributed by atoms with Crippen LogP contribution >= 0.6 is 11.6 Å². The first kappa shape index (κ1) is 19.6. The van der Waals surface area contributed by atoms with Gasteiger partial charge in [-0.1, -0.05) is 30.7 Å². The molecule has 1 aliphatic carbocycles. The molecule has 0 saturated heterocycles. The zero-order valence-corrected chi connectivity index (χ0v) is 17.6. The van der Waals surface area contributed by atoms with E-state index in [1.165, 1.54) is 6.20 Å². The number of ketones is 1. The molecular weight excluding hydrogens is 386 g/mol. The fourth-order valence-corrected chi connectivity index (χ4v) is 4.61. The summed E-state index contributed by atoms with van der Waals surface area (Å²) in [6.07, 6.45) is 5.12. The maximum Gasteiger partial charge on any atom is 0.254 e. The van der Waals surface area contributed by atoms with E-state index in [9.17, 15) is 9.59 Å². The van der Waals surface area contributed by atoms with Crippen LogP contribution in [0, 0.1) is 6.92 Å². The second-order valence-corrected chi connectivity index (χ2v) is 8.06. The van der Waals surface area contributed by atoms with E-state index in [-0.39, 0.29) is 17.7 Å². The molecule has 1 amide bonds. The molecule has 1 aromatic carbocycles. The summed E-state index contributed by atoms with van der Waals surface area (Å²) < 4.78 is 0. The first-order valence-electron chi connectivity index (χ1n) is 10.0. The minimum atomic E-state index is -0.225. The Morgan fingerprint density at radius 3 is 2.86 bits per heavy atom. The van der Waals surface area contributed by atoms with Crippen molar-refractivity contribution in [2.45, 2.75) is 52.5 Å². The van der Waals surface area contributed by atoms with Gasteiger partial charge >= 0.3 is 0 Å². The molecule has 0 fully saturated rings. The van der Waals surface area contributed by atoms with Crippen molar-refractivity contribution in [1.82, 2.24) is 15.3 Å². The molecule has 1 atom stereocenters. The Bertz CT molecular complexity index is 1130. The predicted octanol–water partition coefficient (Wildman–Crippen LogP) is 5.10. The van der Waals surface area contributed by atoms with Gasteiger partial charge in [-0.25, -0.2) is 4.98 Å². The highest BCUT2D eigenvalue weighted by Crippen LogP contribution is 2.33. The summed E-state index contributed by atoms with van der Waals surface area (Å²) in [6.45, 7) is 5.64. The molecule has 3 aromatic rings. The number of amides is 1. The monoisotopic (exact) mass is 409 g/mol. The highest BCUT2D eigenvalue weighted by Gasteiger charge is 2.25. The zero-order valence-electron chi connectivity index (χ0n) is 16.9. The van der Waals surface area contributed by atoms with E-state index in [2.05, 4.69) is 22.2 Å². The third-order valence-electron chi connectivity index (χ3n) is 5.88. The van der Waals surface area contributed by atoms with E-state index < -0.39 is 0 Å². The Hall–Kier alpha value is -2.66. The van der Waals surface area contributed by atoms with Crippen LogP contribution in [-0.4, -0.2) is 21.7 Å². The summed E-state index contributed by atoms with van der Waals surface area (Å²) in [6, 6.07) is 5.65. The molecule has 150 valence electrons. The fourth-order valence-electron chi connectivity index (χ4n) is 4.24. The van der Waals surface area contributed by atoms with E-state index in [1.54, 1.807) is 6.92 Å². The molecule has 5 nitrogen and oxygen atoms in total. The van der Waals surface area contributed by atoms with Gasteiger partial charge in [-0.05, 0) is 62.3 Å². The highest BCUT2D eigenvalue weighted by molar-refractivity contribution is 6.38. The second-order valence-electron chi connectivity index (χ2n) is 7.68. The van der Waals surface area contributed by atoms with Crippen molar-refractivity contribution >= 4 is 34.3 Å². The minimum absolute atomic E-state index is 0.0541. The Kier molecular flexibility index (Phi) is 5.17. The van der Waals surface area contributed by atoms with Gasteiger partial charge in [-0.3, -0.25) is 9.59 Å². The van der Waals surface area contributed by atoms with Crippen molar-refractivity contribution in [2.75, 3.05) is 0 Å². The number of fused-ring (bicyclic) bond motifs is 2. The maximum atomic E-state index is 13.1. The van der Waals surface area contributed by atoms with Crippen molar-refractivity contribution in [1.29, 1.82) is 0 Å². The zero-order chi connectivity index (χ0) is 20.7. The number of aromatic amines is 1. The number of pyridine rings is 1. The van der Waals surface area contributed by atoms with Gasteiger partial charge in [0.05, 0.1) is 16.6 Å². The normalized spacial score (nSPS) is 15.9. The number of H-pyrrole nitrogens is 1. The Morgan fingerprint density at radius 1 is 1.34 bits per heavy atom. The van der Waals surface area contributed by atoms with Crippen LogP contribution in [0.25, 0.3) is 11.0 Å². The van der Waals surface area contributed by atoms with Crippen molar-refractivity contribution < 1.29 is 9.59 Å². The first-order chi connectivity index (χ1) is 13.9. The smallest absolute Gasteiger partial charge is 0.254 e. The third-order valence-corrected chi connectivity index (χ3v) is 6.27. The van der Waals surface area contributed by atoms with Crippen LogP contribution in [0.2, 0.25) is 5.02 Å². The number of benzene rings is 1. The number of halogens is 1. The van der Waals surface area contributed by atoms with Gasteiger partial charge < -0.3 is 10.3 Å². The Labute approximate surface area is 174 Å². The molecule has 0 bridgehead atoms. The molecule has 2 N–H and O–H groups in total. The molecule has 29 heavy (non-hydrogen) atoms. The summed E-state index contributed by atoms with van der Waals surface area (Å²) in [5.41, 5.74) is 6.12. The topological polar surface area (TPSA) is 74.8 Å². The molecule has 0 radical (unpaired) electrons. The van der Waals surface area contributed by atoms with Gasteiger partial charge in [0.25, 0.3) is 5.91 Å². The Morgan fingerprint density at radius 2 is 2.14 bits per heavy atom. The van der Waals surface area contributed by atoms with Crippen LogP contribution < -0.4 is 5.32 Å². The molecule has 6 heteroatoms. The first-order valence-corrected chi connectivity index (χ1v) is 10.4. The van der Waals surface area contributed by atoms with Crippen molar-refractivity contribution in [3.05, 3.63) is 62.9 Å². The van der Waals surface area contributed by atoms with Gasteiger partial charge in [0.1, 0.15) is 5.65 Å². The predicted molar refractivity (Wildman–Crippen MR) is 115 cm³/mol. The number of carbonyl (C=O) groups is 2. The lowest BCUT2D eigenvalue weighted by molar-refractivity contribution is 0.0931. The van der Waals surface area contributed by atoms with Crippen molar-refractivity contribution in [2.24, 2.45) is 0 Å². The molecule has 0 saturated carbocycles. The maximum absolute atomic E-state index is 13.1. The summed E-state index contributed by atoms with van der Waals surface area (Å²) in [7, 11) is 0. The highest BCUT2D eigenvalue weighted by atomic mass is 35.5.